The zero-order valence-corrected chi connectivity index (χ0v) is 88.4. The summed E-state index contributed by atoms with van der Waals surface area (Å²) in [6.07, 6.45) is 0. The average Bonchev–Trinajstić information content (AvgIpc) is 1.64. The lowest BCUT2D eigenvalue weighted by molar-refractivity contribution is -0.114. The number of benzene rings is 13. The molecule has 0 atom stereocenters. The number of nitrogens with zero attached hydrogens (tertiary/aromatic N) is 7. The van der Waals surface area contributed by atoms with Crippen LogP contribution >= 0.6 is 186 Å². The van der Waals surface area contributed by atoms with Gasteiger partial charge in [0, 0.05) is 102 Å². The van der Waals surface area contributed by atoms with Gasteiger partial charge in [0.25, 0.3) is 41.4 Å². The summed E-state index contributed by atoms with van der Waals surface area (Å²) in [7, 11) is 0. The van der Waals surface area contributed by atoms with E-state index < -0.39 is 64.3 Å². The number of aromatic amines is 3. The highest BCUT2D eigenvalue weighted by molar-refractivity contribution is 6.57. The van der Waals surface area contributed by atoms with Gasteiger partial charge in [0.05, 0.1) is 117 Å². The average molecular weight is 2300 g/mol. The Kier molecular flexibility index (Phi) is 32.4. The van der Waals surface area contributed by atoms with E-state index in [0.717, 1.165) is 16.7 Å². The van der Waals surface area contributed by atoms with Crippen LogP contribution in [0.1, 0.15) is 110 Å². The quantitative estimate of drug-likeness (QED) is 0.0107. The Bertz CT molecular complexity index is 8380. The second kappa shape index (κ2) is 44.8. The van der Waals surface area contributed by atoms with Gasteiger partial charge >= 0.3 is 0 Å². The number of allylic oxidation sites excluding steroid dienone is 2. The number of carbonyl (C=O) groups is 7. The summed E-state index contributed by atoms with van der Waals surface area (Å²) < 4.78 is 0. The van der Waals surface area contributed by atoms with Gasteiger partial charge in [-0.2, -0.15) is 0 Å². The number of hydrogen-bond donors (Lipinski definition) is 12. The number of pyridine rings is 2. The van der Waals surface area contributed by atoms with Crippen LogP contribution in [0.3, 0.4) is 0 Å². The molecule has 0 saturated heterocycles. The monoisotopic (exact) mass is 2290 g/mol. The minimum Gasteiger partial charge on any atom is -0.510 e. The van der Waals surface area contributed by atoms with E-state index in [9.17, 15) is 58.5 Å². The van der Waals surface area contributed by atoms with Gasteiger partial charge in [0.1, 0.15) is 34.6 Å². The Balaban J connectivity index is 0.000000152. The van der Waals surface area contributed by atoms with Gasteiger partial charge in [-0.05, 0) is 239 Å². The Hall–Kier alpha value is -13.7. The zero-order chi connectivity index (χ0) is 106. The van der Waals surface area contributed by atoms with E-state index in [-0.39, 0.29) is 123 Å². The van der Waals surface area contributed by atoms with Gasteiger partial charge in [0.2, 0.25) is 0 Å². The molecule has 7 amide bonds. The molecule has 0 spiro atoms. The standard InChI is InChI=1S/C44H38Cl4N8O6.C22H6Cl8N4O2.C20H10Cl2N2O2.C18H10Cl2N2O2/c1-21-7-11-29(45)19-35(21)49-41(59)27-9-13-31(47)37(17-27)53-55-39(25(5)57)43(61)51-33-15-24(4)34(16-23(33)3)52-44(62)40(26(6)58)56-54-38-18-28(10-14-32(38)48)42(60)50-36-20-30(46)12-8-22(36)2;23-11-7-9(13(25)17(29)15(11)27)21(35)33-19(7)31-5-1-2-6(4-3-5)32-20-8-10(22(36)34-20)14(26)18(30)16(28)12(8)24;21-9-1-3-15-11(5-9)19(25)13-8-18-14(7-17(13)23-15)20(26)12-6-10(22)2-4-16(12)24-18;19-11-5-1-9(2-6-11)15-13-14(18(24)21-15)16(22-17(13)23)10-3-7-12(20)8-4-10/h7-20,57-58H,1-6H3,(H,49,59)(H,50,60)(H,51,61)(H,52,62);1-4H,(H,31,33,35)(H,32,34,36);1-8H,(H,23,25)(H,24,26);1-8,21,24H/b39-25-,40-26-,55-53?,56-54?;;;. The summed E-state index contributed by atoms with van der Waals surface area (Å²) in [6, 6.07) is 56.1. The molecule has 148 heavy (non-hydrogen) atoms. The molecule has 28 nitrogen and oxygen atoms in total. The second-order valence-electron chi connectivity index (χ2n) is 32.8. The molecule has 6 heterocycles. The van der Waals surface area contributed by atoms with Crippen molar-refractivity contribution in [2.24, 2.45) is 35.4 Å². The molecule has 0 radical (unpaired) electrons. The Morgan fingerprint density at radius 3 is 1.08 bits per heavy atom. The number of aliphatic hydroxyl groups excluding tert-OH is 2. The number of anilines is 4. The maximum Gasteiger partial charge on any atom is 0.280 e. The van der Waals surface area contributed by atoms with Gasteiger partial charge < -0.3 is 62.2 Å². The lowest BCUT2D eigenvalue weighted by Crippen LogP contribution is -2.21. The van der Waals surface area contributed by atoms with Crippen molar-refractivity contribution in [1.29, 1.82) is 0 Å². The number of H-pyrrole nitrogens is 3. The van der Waals surface area contributed by atoms with Crippen LogP contribution in [0.15, 0.2) is 274 Å². The summed E-state index contributed by atoms with van der Waals surface area (Å²) in [6.45, 7) is 9.46. The van der Waals surface area contributed by atoms with Gasteiger partial charge in [-0.1, -0.05) is 222 Å². The number of aliphatic hydroxyl groups is 2. The highest BCUT2D eigenvalue weighted by atomic mass is 35.5. The normalized spacial score (nSPS) is 13.3. The topological polar surface area (TPSA) is 420 Å². The minimum atomic E-state index is -0.823. The number of aromatic nitrogens is 3. The van der Waals surface area contributed by atoms with E-state index in [1.54, 1.807) is 184 Å². The Morgan fingerprint density at radius 2 is 0.689 bits per heavy atom. The molecular formula is C104H64Cl16N16O12. The van der Waals surface area contributed by atoms with Gasteiger partial charge in [-0.3, -0.25) is 43.2 Å². The van der Waals surface area contributed by atoms with Crippen molar-refractivity contribution in [1.82, 2.24) is 25.6 Å². The maximum absolute atomic E-state index is 13.4. The number of halogens is 16. The molecule has 13 aromatic carbocycles. The molecule has 3 aliphatic heterocycles. The predicted octanol–water partition coefficient (Wildman–Crippen LogP) is 31.3. The fourth-order valence-electron chi connectivity index (χ4n) is 15.3. The van der Waals surface area contributed by atoms with Crippen molar-refractivity contribution >= 4 is 333 Å². The molecule has 44 heteroatoms. The third kappa shape index (κ3) is 22.8. The second-order valence-corrected chi connectivity index (χ2v) is 39.2. The first-order valence-electron chi connectivity index (χ1n) is 43.1. The third-order valence-electron chi connectivity index (χ3n) is 22.8. The van der Waals surface area contributed by atoms with Gasteiger partial charge in [0.15, 0.2) is 28.1 Å². The Labute approximate surface area is 917 Å². The van der Waals surface area contributed by atoms with Crippen molar-refractivity contribution in [3.63, 3.8) is 0 Å². The van der Waals surface area contributed by atoms with E-state index in [0.29, 0.717) is 147 Å². The number of carbonyl (C=O) groups excluding carboxylic acids is 7. The lowest BCUT2D eigenvalue weighted by Gasteiger charge is -2.14. The summed E-state index contributed by atoms with van der Waals surface area (Å²) >= 11 is 98.2. The highest BCUT2D eigenvalue weighted by Gasteiger charge is 2.38. The van der Waals surface area contributed by atoms with Gasteiger partial charge in [-0.15, -0.1) is 20.5 Å². The number of amides is 7. The highest BCUT2D eigenvalue weighted by Crippen LogP contribution is 2.47. The molecular weight excluding hydrogens is 2230 g/mol. The molecule has 12 N–H and O–H groups in total. The van der Waals surface area contributed by atoms with Crippen molar-refractivity contribution in [3.8, 4) is 17.1 Å². The molecule has 0 aliphatic carbocycles. The third-order valence-corrected chi connectivity index (χ3v) is 28.5. The summed E-state index contributed by atoms with van der Waals surface area (Å²) in [5.41, 5.74) is 10.9. The molecule has 0 fully saturated rings. The lowest BCUT2D eigenvalue weighted by atomic mass is 10.0. The number of azo groups is 2. The van der Waals surface area contributed by atoms with Gasteiger partial charge in [-0.25, -0.2) is 15.0 Å². The number of nitrogens with one attached hydrogen (secondary N) is 9. The van der Waals surface area contributed by atoms with Crippen LogP contribution in [0.4, 0.5) is 45.5 Å². The van der Waals surface area contributed by atoms with Crippen LogP contribution in [0.2, 0.25) is 80.4 Å². The number of aromatic hydroxyl groups is 1. The largest absolute Gasteiger partial charge is 0.510 e. The molecule has 19 rings (SSSR count). The number of fused-ring (bicyclic) bond motifs is 7. The van der Waals surface area contributed by atoms with E-state index in [4.69, 9.17) is 186 Å². The molecule has 744 valence electrons. The van der Waals surface area contributed by atoms with Crippen molar-refractivity contribution in [2.75, 3.05) is 21.3 Å². The first-order chi connectivity index (χ1) is 70.4. The minimum absolute atomic E-state index is 0.0107. The van der Waals surface area contributed by atoms with E-state index >= 15 is 0 Å². The summed E-state index contributed by atoms with van der Waals surface area (Å²) in [5, 5.41) is 68.7. The number of amidine groups is 2. The molecule has 0 bridgehead atoms. The molecule has 3 aliphatic rings. The first-order valence-corrected chi connectivity index (χ1v) is 49.2. The van der Waals surface area contributed by atoms with Crippen LogP contribution in [-0.2, 0) is 9.59 Å². The molecule has 16 aromatic rings. The molecule has 0 unspecified atom stereocenters. The molecule has 0 saturated carbocycles. The van der Waals surface area contributed by atoms with Crippen molar-refractivity contribution in [2.45, 2.75) is 41.5 Å². The number of aryl methyl sites for hydroxylation is 4. The van der Waals surface area contributed by atoms with Crippen LogP contribution in [0.25, 0.3) is 54.9 Å². The smallest absolute Gasteiger partial charge is 0.280 e. The Morgan fingerprint density at radius 1 is 0.338 bits per heavy atom. The summed E-state index contributed by atoms with van der Waals surface area (Å²) in [5.74, 6) is -4.69. The van der Waals surface area contributed by atoms with Crippen LogP contribution in [0.5, 0.6) is 5.88 Å². The predicted molar refractivity (Wildman–Crippen MR) is 593 cm³/mol. The fraction of sp³-hybridized carbons (Fsp3) is 0.0577. The van der Waals surface area contributed by atoms with Crippen molar-refractivity contribution < 1.29 is 48.9 Å². The SMILES string of the molecule is C/C(O)=C(/N=Nc1cc(C(=O)Nc2cc(Cl)ccc2C)ccc1Cl)C(=O)Nc1cc(C)c(NC(=O)/C(N=Nc2cc(C(=O)Nc3cc(Cl)ccc3C)ccc2Cl)=C(\C)O)cc1C.O=C1N=C(c2ccc(Cl)cc2)c2c(O)[nH]c(-c3ccc(Cl)cc3)c21.O=C1NC(=Nc2ccc(N=C3NC(=O)c4c(Cl)c(Cl)c(Cl)c(Cl)c43)cc2)c2c(Cl)c(Cl)c(Cl)c(Cl)c21.O=c1c2cc(Cl)ccc2[nH]c2cc3c(=O)c4cc(Cl)ccc4[nH]c3cc12. The van der Waals surface area contributed by atoms with Crippen LogP contribution in [-0.4, -0.2) is 89.0 Å². The van der Waals surface area contributed by atoms with E-state index in [1.807, 2.05) is 13.8 Å². The number of rotatable bonds is 16. The van der Waals surface area contributed by atoms with Crippen molar-refractivity contribution in [3.05, 3.63) is 402 Å². The van der Waals surface area contributed by atoms with E-state index in [2.05, 4.69) is 82.3 Å². The van der Waals surface area contributed by atoms with E-state index in [1.165, 1.54) is 50.2 Å². The zero-order valence-electron chi connectivity index (χ0n) is 76.3. The van der Waals surface area contributed by atoms with Crippen LogP contribution in [0, 0.1) is 27.7 Å². The number of hydrogen-bond acceptors (Lipinski definition) is 18. The fourth-order valence-corrected chi connectivity index (χ4v) is 18.6. The van der Waals surface area contributed by atoms with Crippen LogP contribution < -0.4 is 42.8 Å². The first kappa shape index (κ1) is 107. The molecule has 3 aromatic heterocycles. The maximum atomic E-state index is 13.4. The summed E-state index contributed by atoms with van der Waals surface area (Å²) in [4.78, 5) is 138. The number of aliphatic imine (C=N–C) groups is 3.